The van der Waals surface area contributed by atoms with E-state index in [4.69, 9.17) is 5.73 Å². The van der Waals surface area contributed by atoms with Gasteiger partial charge >= 0.3 is 0 Å². The molecule has 1 atom stereocenters. The van der Waals surface area contributed by atoms with Crippen molar-refractivity contribution in [3.8, 4) is 0 Å². The molecule has 2 N–H and O–H groups in total. The minimum Gasteiger partial charge on any atom is -0.330 e. The van der Waals surface area contributed by atoms with Crippen LogP contribution in [-0.2, 0) is 4.79 Å². The van der Waals surface area contributed by atoms with Crippen molar-refractivity contribution in [3.63, 3.8) is 0 Å². The number of ketones is 1. The Bertz CT molecular complexity index is 90.9. The van der Waals surface area contributed by atoms with Gasteiger partial charge in [-0.1, -0.05) is 6.92 Å². The summed E-state index contributed by atoms with van der Waals surface area (Å²) in [4.78, 5) is 10.6. The first-order valence-corrected chi connectivity index (χ1v) is 3.39. The van der Waals surface area contributed by atoms with E-state index in [0.717, 1.165) is 12.8 Å². The van der Waals surface area contributed by atoms with Gasteiger partial charge in [0.25, 0.3) is 0 Å². The molecule has 0 aliphatic rings. The molecule has 0 bridgehead atoms. The molecular formula is C7H15NO. The lowest BCUT2D eigenvalue weighted by atomic mass is 10.0. The van der Waals surface area contributed by atoms with Crippen LogP contribution >= 0.6 is 0 Å². The van der Waals surface area contributed by atoms with E-state index in [-0.39, 0.29) is 11.7 Å². The number of rotatable bonds is 4. The Hall–Kier alpha value is -0.370. The first-order valence-electron chi connectivity index (χ1n) is 3.39. The molecule has 0 heterocycles. The second kappa shape index (κ2) is 4.50. The Labute approximate surface area is 56.4 Å². The van der Waals surface area contributed by atoms with Crippen LogP contribution in [0.25, 0.3) is 0 Å². The summed E-state index contributed by atoms with van der Waals surface area (Å²) in [6.45, 7) is 4.26. The third-order valence-electron chi connectivity index (χ3n) is 1.54. The molecule has 0 aromatic carbocycles. The zero-order valence-corrected chi connectivity index (χ0v) is 6.18. The fraction of sp³-hybridized carbons (Fsp3) is 0.857. The van der Waals surface area contributed by atoms with Crippen LogP contribution in [0.4, 0.5) is 0 Å². The lowest BCUT2D eigenvalue weighted by molar-refractivity contribution is -0.120. The first kappa shape index (κ1) is 8.63. The van der Waals surface area contributed by atoms with Gasteiger partial charge in [0.05, 0.1) is 0 Å². The maximum atomic E-state index is 10.6. The average molecular weight is 129 g/mol. The second-order valence-corrected chi connectivity index (χ2v) is 2.44. The highest BCUT2D eigenvalue weighted by molar-refractivity contribution is 5.77. The Morgan fingerprint density at radius 3 is 2.56 bits per heavy atom. The highest BCUT2D eigenvalue weighted by atomic mass is 16.1. The molecule has 0 aliphatic carbocycles. The van der Waals surface area contributed by atoms with Crippen LogP contribution in [0.15, 0.2) is 0 Å². The summed E-state index contributed by atoms with van der Waals surface area (Å²) in [6.07, 6.45) is 1.90. The molecule has 0 saturated carbocycles. The zero-order valence-electron chi connectivity index (χ0n) is 6.18. The van der Waals surface area contributed by atoms with Crippen LogP contribution < -0.4 is 5.73 Å². The van der Waals surface area contributed by atoms with Crippen LogP contribution in [0, 0.1) is 5.92 Å². The van der Waals surface area contributed by atoms with E-state index in [2.05, 4.69) is 0 Å². The third-order valence-corrected chi connectivity index (χ3v) is 1.54. The summed E-state index contributed by atoms with van der Waals surface area (Å²) >= 11 is 0. The minimum absolute atomic E-state index is 0.202. The normalized spacial score (nSPS) is 13.2. The van der Waals surface area contributed by atoms with E-state index in [9.17, 15) is 4.79 Å². The number of carbonyl (C=O) groups is 1. The lowest BCUT2D eigenvalue weighted by Crippen LogP contribution is -2.08. The number of Topliss-reactive ketones (excluding diaryl/α,β-unsaturated/α-hetero) is 1. The van der Waals surface area contributed by atoms with Crippen LogP contribution in [0.2, 0.25) is 0 Å². The van der Waals surface area contributed by atoms with Crippen LogP contribution in [-0.4, -0.2) is 12.3 Å². The summed E-state index contributed by atoms with van der Waals surface area (Å²) in [5.74, 6) is 0.469. The second-order valence-electron chi connectivity index (χ2n) is 2.44. The topological polar surface area (TPSA) is 43.1 Å². The molecule has 0 amide bonds. The number of carbonyl (C=O) groups excluding carboxylic acids is 1. The van der Waals surface area contributed by atoms with Gasteiger partial charge < -0.3 is 5.73 Å². The van der Waals surface area contributed by atoms with Crippen molar-refractivity contribution in [1.29, 1.82) is 0 Å². The Morgan fingerprint density at radius 1 is 1.67 bits per heavy atom. The van der Waals surface area contributed by atoms with E-state index < -0.39 is 0 Å². The molecule has 2 nitrogen and oxygen atoms in total. The summed E-state index contributed by atoms with van der Waals surface area (Å²) in [5, 5.41) is 0. The predicted molar refractivity (Wildman–Crippen MR) is 38.1 cm³/mol. The Balaban J connectivity index is 3.27. The van der Waals surface area contributed by atoms with Crippen molar-refractivity contribution < 1.29 is 4.79 Å². The average Bonchev–Trinajstić information content (AvgIpc) is 1.82. The smallest absolute Gasteiger partial charge is 0.132 e. The predicted octanol–water partition coefficient (Wildman–Crippen LogP) is 0.950. The van der Waals surface area contributed by atoms with Crippen LogP contribution in [0.5, 0.6) is 0 Å². The Kier molecular flexibility index (Phi) is 4.32. The molecule has 2 heteroatoms. The van der Waals surface area contributed by atoms with E-state index in [0.29, 0.717) is 6.54 Å². The molecule has 0 radical (unpaired) electrons. The zero-order chi connectivity index (χ0) is 7.28. The summed E-state index contributed by atoms with van der Waals surface area (Å²) in [5.41, 5.74) is 5.27. The first-order chi connectivity index (χ1) is 4.18. The molecule has 0 aromatic heterocycles. The molecule has 0 aliphatic heterocycles. The molecule has 0 rings (SSSR count). The lowest BCUT2D eigenvalue weighted by Gasteiger charge is -2.03. The van der Waals surface area contributed by atoms with E-state index in [1.165, 1.54) is 0 Å². The van der Waals surface area contributed by atoms with Gasteiger partial charge in [-0.25, -0.2) is 0 Å². The van der Waals surface area contributed by atoms with Crippen molar-refractivity contribution >= 4 is 5.78 Å². The maximum Gasteiger partial charge on any atom is 0.132 e. The fourth-order valence-corrected chi connectivity index (χ4v) is 0.627. The van der Waals surface area contributed by atoms with Gasteiger partial charge in [-0.05, 0) is 26.3 Å². The number of hydrogen-bond donors (Lipinski definition) is 1. The summed E-state index contributed by atoms with van der Waals surface area (Å²) in [7, 11) is 0. The molecule has 9 heavy (non-hydrogen) atoms. The minimum atomic E-state index is 0.202. The van der Waals surface area contributed by atoms with E-state index in [1.54, 1.807) is 6.92 Å². The van der Waals surface area contributed by atoms with Gasteiger partial charge in [0, 0.05) is 5.92 Å². The van der Waals surface area contributed by atoms with Crippen molar-refractivity contribution in [2.24, 2.45) is 11.7 Å². The van der Waals surface area contributed by atoms with Crippen molar-refractivity contribution in [1.82, 2.24) is 0 Å². The standard InChI is InChI=1S/C7H15NO/c1-6(7(2)9)4-3-5-8/h6H,3-5,8H2,1-2H3/t6-/m1/s1. The number of hydrogen-bond acceptors (Lipinski definition) is 2. The van der Waals surface area contributed by atoms with Gasteiger partial charge in [0.2, 0.25) is 0 Å². The van der Waals surface area contributed by atoms with Crippen molar-refractivity contribution in [2.75, 3.05) is 6.54 Å². The molecule has 0 fully saturated rings. The largest absolute Gasteiger partial charge is 0.330 e. The van der Waals surface area contributed by atoms with Crippen molar-refractivity contribution in [2.45, 2.75) is 26.7 Å². The highest BCUT2D eigenvalue weighted by Gasteiger charge is 2.04. The van der Waals surface area contributed by atoms with Crippen LogP contribution in [0.3, 0.4) is 0 Å². The molecule has 0 saturated heterocycles. The molecule has 0 unspecified atom stereocenters. The molecule has 0 spiro atoms. The van der Waals surface area contributed by atoms with Gasteiger partial charge in [-0.15, -0.1) is 0 Å². The summed E-state index contributed by atoms with van der Waals surface area (Å²) < 4.78 is 0. The highest BCUT2D eigenvalue weighted by Crippen LogP contribution is 2.04. The molecule has 54 valence electrons. The van der Waals surface area contributed by atoms with E-state index in [1.807, 2.05) is 6.92 Å². The monoisotopic (exact) mass is 129 g/mol. The fourth-order valence-electron chi connectivity index (χ4n) is 0.627. The van der Waals surface area contributed by atoms with E-state index >= 15 is 0 Å². The van der Waals surface area contributed by atoms with Gasteiger partial charge in [0.15, 0.2) is 0 Å². The van der Waals surface area contributed by atoms with Crippen LogP contribution in [0.1, 0.15) is 26.7 Å². The molecular weight excluding hydrogens is 114 g/mol. The van der Waals surface area contributed by atoms with Gasteiger partial charge in [0.1, 0.15) is 5.78 Å². The SMILES string of the molecule is CC(=O)[C@H](C)CCCN. The Morgan fingerprint density at radius 2 is 2.22 bits per heavy atom. The maximum absolute atomic E-state index is 10.6. The van der Waals surface area contributed by atoms with Gasteiger partial charge in [-0.3, -0.25) is 4.79 Å². The quantitative estimate of drug-likeness (QED) is 0.614. The molecule has 0 aromatic rings. The van der Waals surface area contributed by atoms with Crippen molar-refractivity contribution in [3.05, 3.63) is 0 Å². The summed E-state index contributed by atoms with van der Waals surface area (Å²) in [6, 6.07) is 0. The number of nitrogens with two attached hydrogens (primary N) is 1. The van der Waals surface area contributed by atoms with Gasteiger partial charge in [-0.2, -0.15) is 0 Å². The third kappa shape index (κ3) is 4.15.